The highest BCUT2D eigenvalue weighted by atomic mass is 16.5. The van der Waals surface area contributed by atoms with Gasteiger partial charge in [-0.1, -0.05) is 0 Å². The van der Waals surface area contributed by atoms with Crippen LogP contribution in [-0.2, 0) is 0 Å². The second kappa shape index (κ2) is 2.65. The van der Waals surface area contributed by atoms with Crippen molar-refractivity contribution in [3.05, 3.63) is 30.5 Å². The number of carbonyl (C=O) groups is 1. The van der Waals surface area contributed by atoms with Gasteiger partial charge in [-0.25, -0.2) is 4.98 Å². The van der Waals surface area contributed by atoms with Crippen molar-refractivity contribution in [2.45, 2.75) is 0 Å². The normalized spacial score (nSPS) is 12.7. The van der Waals surface area contributed by atoms with Gasteiger partial charge in [0.25, 0.3) is 0 Å². The molecule has 1 aromatic rings. The maximum Gasteiger partial charge on any atom is 0.187 e. The predicted octanol–water partition coefficient (Wildman–Crippen LogP) is 1.14. The molecule has 0 fully saturated rings. The minimum absolute atomic E-state index is 0.327. The van der Waals surface area contributed by atoms with Crippen molar-refractivity contribution in [3.8, 4) is 11.5 Å². The zero-order chi connectivity index (χ0) is 8.39. The zero-order valence-electron chi connectivity index (χ0n) is 6.06. The van der Waals surface area contributed by atoms with Gasteiger partial charge in [0.15, 0.2) is 17.8 Å². The molecule has 0 radical (unpaired) electrons. The third kappa shape index (κ3) is 1.03. The summed E-state index contributed by atoms with van der Waals surface area (Å²) in [5.41, 5.74) is 0.327. The van der Waals surface area contributed by atoms with Crippen molar-refractivity contribution in [1.82, 2.24) is 4.98 Å². The van der Waals surface area contributed by atoms with Crippen LogP contribution in [0.3, 0.4) is 0 Å². The fraction of sp³-hybridized carbons (Fsp3) is 0. The molecule has 60 valence electrons. The number of nitrogens with zero attached hydrogens (tertiary/aromatic N) is 1. The van der Waals surface area contributed by atoms with E-state index in [2.05, 4.69) is 4.98 Å². The fourth-order valence-electron chi connectivity index (χ4n) is 0.887. The highest BCUT2D eigenvalue weighted by Crippen LogP contribution is 2.29. The largest absolute Gasteiger partial charge is 0.458 e. The first-order valence-electron chi connectivity index (χ1n) is 3.34. The molecule has 0 bridgehead atoms. The molecule has 2 heterocycles. The van der Waals surface area contributed by atoms with Crippen LogP contribution in [0.2, 0.25) is 0 Å². The molecule has 1 aromatic heterocycles. The molecule has 1 aliphatic heterocycles. The molecule has 0 saturated heterocycles. The Kier molecular flexibility index (Phi) is 1.51. The van der Waals surface area contributed by atoms with Crippen molar-refractivity contribution < 1.29 is 14.3 Å². The zero-order valence-corrected chi connectivity index (χ0v) is 6.06. The lowest BCUT2D eigenvalue weighted by Crippen LogP contribution is -1.98. The van der Waals surface area contributed by atoms with E-state index in [0.29, 0.717) is 23.5 Å². The molecule has 0 aromatic carbocycles. The first-order chi connectivity index (χ1) is 5.90. The summed E-state index contributed by atoms with van der Waals surface area (Å²) in [4.78, 5) is 14.1. The third-order valence-corrected chi connectivity index (χ3v) is 1.42. The van der Waals surface area contributed by atoms with Crippen LogP contribution in [-0.4, -0.2) is 11.3 Å². The molecule has 0 atom stereocenters. The van der Waals surface area contributed by atoms with E-state index in [1.165, 1.54) is 24.8 Å². The van der Waals surface area contributed by atoms with Crippen molar-refractivity contribution in [1.29, 1.82) is 0 Å². The molecule has 12 heavy (non-hydrogen) atoms. The number of aromatic nitrogens is 1. The van der Waals surface area contributed by atoms with Crippen LogP contribution >= 0.6 is 0 Å². The smallest absolute Gasteiger partial charge is 0.187 e. The first-order valence-corrected chi connectivity index (χ1v) is 3.34. The summed E-state index contributed by atoms with van der Waals surface area (Å²) in [5.74, 6) is 1.03. The van der Waals surface area contributed by atoms with Crippen LogP contribution in [0.4, 0.5) is 0 Å². The molecule has 0 amide bonds. The van der Waals surface area contributed by atoms with Gasteiger partial charge in [-0.2, -0.15) is 0 Å². The van der Waals surface area contributed by atoms with Gasteiger partial charge in [0.05, 0.1) is 6.20 Å². The Labute approximate surface area is 68.4 Å². The molecule has 1 aliphatic rings. The molecule has 0 spiro atoms. The van der Waals surface area contributed by atoms with Crippen molar-refractivity contribution in [2.24, 2.45) is 0 Å². The van der Waals surface area contributed by atoms with Crippen molar-refractivity contribution >= 4 is 6.29 Å². The van der Waals surface area contributed by atoms with Gasteiger partial charge in [-0.05, 0) is 0 Å². The average molecular weight is 163 g/mol. The Balaban J connectivity index is 2.46. The minimum atomic E-state index is 0.327. The van der Waals surface area contributed by atoms with Gasteiger partial charge in [0.2, 0.25) is 0 Å². The second-order valence-electron chi connectivity index (χ2n) is 2.18. The van der Waals surface area contributed by atoms with Crippen LogP contribution in [0.1, 0.15) is 10.5 Å². The van der Waals surface area contributed by atoms with Gasteiger partial charge >= 0.3 is 0 Å². The van der Waals surface area contributed by atoms with E-state index in [0.717, 1.165) is 0 Å². The number of aldehydes is 1. The highest BCUT2D eigenvalue weighted by Gasteiger charge is 2.08. The van der Waals surface area contributed by atoms with E-state index in [-0.39, 0.29) is 0 Å². The molecule has 0 unspecified atom stereocenters. The maximum atomic E-state index is 10.3. The fourth-order valence-corrected chi connectivity index (χ4v) is 0.887. The Hall–Kier alpha value is -1.84. The quantitative estimate of drug-likeness (QED) is 0.582. The standard InChI is InChI=1S/C8H5NO3/c10-5-6-3-7-8(4-9-6)12-2-1-11-7/h1-5H. The molecule has 0 aliphatic carbocycles. The number of hydrogen-bond donors (Lipinski definition) is 0. The van der Waals surface area contributed by atoms with Gasteiger partial charge in [-0.3, -0.25) is 4.79 Å². The van der Waals surface area contributed by atoms with Gasteiger partial charge in [-0.15, -0.1) is 0 Å². The van der Waals surface area contributed by atoms with E-state index in [4.69, 9.17) is 9.47 Å². The molecular weight excluding hydrogens is 158 g/mol. The van der Waals surface area contributed by atoms with Crippen LogP contribution in [0.5, 0.6) is 11.5 Å². The van der Waals surface area contributed by atoms with E-state index in [1.54, 1.807) is 0 Å². The summed E-state index contributed by atoms with van der Waals surface area (Å²) in [6.45, 7) is 0. The summed E-state index contributed by atoms with van der Waals surface area (Å²) < 4.78 is 10.1. The molecule has 2 rings (SSSR count). The monoisotopic (exact) mass is 163 g/mol. The van der Waals surface area contributed by atoms with Crippen LogP contribution in [0, 0.1) is 0 Å². The summed E-state index contributed by atoms with van der Waals surface area (Å²) >= 11 is 0. The number of pyridine rings is 1. The SMILES string of the molecule is O=Cc1cc2c(cn1)OC=CO2. The Morgan fingerprint density at radius 2 is 2.00 bits per heavy atom. The number of carbonyl (C=O) groups excluding carboxylic acids is 1. The molecule has 4 nitrogen and oxygen atoms in total. The topological polar surface area (TPSA) is 48.4 Å². The lowest BCUT2D eigenvalue weighted by molar-refractivity contribution is 0.111. The van der Waals surface area contributed by atoms with Crippen LogP contribution in [0.25, 0.3) is 0 Å². The predicted molar refractivity (Wildman–Crippen MR) is 40.0 cm³/mol. The Morgan fingerprint density at radius 1 is 1.25 bits per heavy atom. The van der Waals surface area contributed by atoms with Crippen LogP contribution in [0.15, 0.2) is 24.8 Å². The summed E-state index contributed by atoms with van der Waals surface area (Å²) in [7, 11) is 0. The lowest BCUT2D eigenvalue weighted by Gasteiger charge is -2.10. The summed E-state index contributed by atoms with van der Waals surface area (Å²) in [6.07, 6.45) is 4.91. The van der Waals surface area contributed by atoms with Crippen molar-refractivity contribution in [3.63, 3.8) is 0 Å². The first kappa shape index (κ1) is 6.84. The van der Waals surface area contributed by atoms with E-state index in [9.17, 15) is 4.79 Å². The number of fused-ring (bicyclic) bond motifs is 1. The summed E-state index contributed by atoms with van der Waals surface area (Å²) in [5, 5.41) is 0. The molecule has 0 saturated carbocycles. The van der Waals surface area contributed by atoms with E-state index < -0.39 is 0 Å². The lowest BCUT2D eigenvalue weighted by atomic mass is 10.3. The van der Waals surface area contributed by atoms with Crippen molar-refractivity contribution in [2.75, 3.05) is 0 Å². The summed E-state index contributed by atoms with van der Waals surface area (Å²) in [6, 6.07) is 1.52. The van der Waals surface area contributed by atoms with Gasteiger partial charge in [0.1, 0.15) is 18.2 Å². The van der Waals surface area contributed by atoms with E-state index >= 15 is 0 Å². The molecular formula is C8H5NO3. The van der Waals surface area contributed by atoms with E-state index in [1.807, 2.05) is 0 Å². The third-order valence-electron chi connectivity index (χ3n) is 1.42. The second-order valence-corrected chi connectivity index (χ2v) is 2.18. The molecule has 4 heteroatoms. The molecule has 0 N–H and O–H groups in total. The van der Waals surface area contributed by atoms with Crippen LogP contribution < -0.4 is 9.47 Å². The number of hydrogen-bond acceptors (Lipinski definition) is 4. The van der Waals surface area contributed by atoms with Gasteiger partial charge < -0.3 is 9.47 Å². The average Bonchev–Trinajstić information content (AvgIpc) is 2.17. The Morgan fingerprint density at radius 3 is 2.75 bits per heavy atom. The number of rotatable bonds is 1. The maximum absolute atomic E-state index is 10.3. The highest BCUT2D eigenvalue weighted by molar-refractivity contribution is 5.73. The number of ether oxygens (including phenoxy) is 2. The Bertz CT molecular complexity index is 346. The minimum Gasteiger partial charge on any atom is -0.458 e. The van der Waals surface area contributed by atoms with Gasteiger partial charge in [0, 0.05) is 6.07 Å².